The van der Waals surface area contributed by atoms with E-state index < -0.39 is 11.7 Å². The standard InChI is InChI=1S/C17H13F3N4S/c18-17(19,20)11-4-3-5-12(10-11)21-16(25)24-9-8-23-14-7-2-1-6-13(14)22-15(23)24/h1-7,10H,8-9H2,(H,21,25). The van der Waals surface area contributed by atoms with Gasteiger partial charge < -0.3 is 9.88 Å². The van der Waals surface area contributed by atoms with Crippen LogP contribution >= 0.6 is 12.2 Å². The molecule has 3 aromatic rings. The van der Waals surface area contributed by atoms with Crippen LogP contribution in [0.2, 0.25) is 0 Å². The van der Waals surface area contributed by atoms with E-state index in [1.807, 2.05) is 24.3 Å². The maximum absolute atomic E-state index is 12.8. The summed E-state index contributed by atoms with van der Waals surface area (Å²) in [4.78, 5) is 6.38. The van der Waals surface area contributed by atoms with Gasteiger partial charge in [-0.05, 0) is 42.5 Å². The Labute approximate surface area is 146 Å². The number of aromatic nitrogens is 2. The smallest absolute Gasteiger partial charge is 0.332 e. The maximum Gasteiger partial charge on any atom is 0.416 e. The Morgan fingerprint density at radius 2 is 1.88 bits per heavy atom. The summed E-state index contributed by atoms with van der Waals surface area (Å²) >= 11 is 5.39. The summed E-state index contributed by atoms with van der Waals surface area (Å²) < 4.78 is 40.6. The van der Waals surface area contributed by atoms with Gasteiger partial charge in [0.1, 0.15) is 0 Å². The van der Waals surface area contributed by atoms with Gasteiger partial charge in [-0.2, -0.15) is 13.2 Å². The minimum absolute atomic E-state index is 0.300. The van der Waals surface area contributed by atoms with Crippen LogP contribution in [0.4, 0.5) is 24.8 Å². The topological polar surface area (TPSA) is 33.1 Å². The summed E-state index contributed by atoms with van der Waals surface area (Å²) in [5.41, 5.74) is 1.47. The molecule has 0 unspecified atom stereocenters. The number of benzene rings is 2. The Morgan fingerprint density at radius 1 is 1.08 bits per heavy atom. The van der Waals surface area contributed by atoms with Gasteiger partial charge in [-0.3, -0.25) is 4.90 Å². The van der Waals surface area contributed by atoms with Crippen molar-refractivity contribution in [2.45, 2.75) is 12.7 Å². The first-order valence-corrected chi connectivity index (χ1v) is 8.05. The van der Waals surface area contributed by atoms with E-state index in [-0.39, 0.29) is 0 Å². The van der Waals surface area contributed by atoms with Crippen molar-refractivity contribution >= 4 is 40.0 Å². The molecule has 1 aliphatic heterocycles. The van der Waals surface area contributed by atoms with E-state index in [1.54, 1.807) is 11.0 Å². The number of hydrogen-bond donors (Lipinski definition) is 1. The lowest BCUT2D eigenvalue weighted by Crippen LogP contribution is -2.33. The summed E-state index contributed by atoms with van der Waals surface area (Å²) in [6, 6.07) is 12.7. The highest BCUT2D eigenvalue weighted by Crippen LogP contribution is 2.31. The van der Waals surface area contributed by atoms with Gasteiger partial charge in [0.05, 0.1) is 16.6 Å². The second kappa shape index (κ2) is 5.73. The zero-order chi connectivity index (χ0) is 17.6. The zero-order valence-electron chi connectivity index (χ0n) is 12.9. The first kappa shape index (κ1) is 15.9. The van der Waals surface area contributed by atoms with E-state index >= 15 is 0 Å². The number of rotatable bonds is 1. The molecule has 0 saturated carbocycles. The molecule has 0 radical (unpaired) electrons. The fraction of sp³-hybridized carbons (Fsp3) is 0.176. The number of imidazole rings is 1. The molecular weight excluding hydrogens is 349 g/mol. The van der Waals surface area contributed by atoms with E-state index in [2.05, 4.69) is 14.9 Å². The highest BCUT2D eigenvalue weighted by Gasteiger charge is 2.31. The Hall–Kier alpha value is -2.61. The van der Waals surface area contributed by atoms with Gasteiger partial charge in [-0.1, -0.05) is 18.2 Å². The summed E-state index contributed by atoms with van der Waals surface area (Å²) in [5.74, 6) is 0.700. The zero-order valence-corrected chi connectivity index (χ0v) is 13.7. The van der Waals surface area contributed by atoms with Crippen molar-refractivity contribution in [2.75, 3.05) is 16.8 Å². The molecule has 8 heteroatoms. The third-order valence-corrected chi connectivity index (χ3v) is 4.43. The number of nitrogens with one attached hydrogen (secondary N) is 1. The predicted octanol–water partition coefficient (Wildman–Crippen LogP) is 4.27. The number of fused-ring (bicyclic) bond motifs is 3. The van der Waals surface area contributed by atoms with Gasteiger partial charge in [-0.15, -0.1) is 0 Å². The van der Waals surface area contributed by atoms with Crippen LogP contribution in [0.1, 0.15) is 5.56 Å². The third kappa shape index (κ3) is 2.82. The van der Waals surface area contributed by atoms with Crippen molar-refractivity contribution in [3.05, 3.63) is 54.1 Å². The maximum atomic E-state index is 12.8. The fourth-order valence-corrected chi connectivity index (χ4v) is 3.24. The lowest BCUT2D eigenvalue weighted by Gasteiger charge is -2.19. The Morgan fingerprint density at radius 3 is 2.68 bits per heavy atom. The van der Waals surface area contributed by atoms with Gasteiger partial charge in [0.25, 0.3) is 0 Å². The molecule has 0 atom stereocenters. The van der Waals surface area contributed by atoms with Gasteiger partial charge in [0, 0.05) is 18.8 Å². The quantitative estimate of drug-likeness (QED) is 0.656. The number of thiocarbonyl (C=S) groups is 1. The average Bonchev–Trinajstić information content (AvgIpc) is 3.13. The molecule has 2 aromatic carbocycles. The molecule has 0 spiro atoms. The van der Waals surface area contributed by atoms with E-state index in [0.717, 1.165) is 29.7 Å². The average molecular weight is 362 g/mol. The van der Waals surface area contributed by atoms with Gasteiger partial charge in [0.15, 0.2) is 5.11 Å². The molecular formula is C17H13F3N4S. The number of halogens is 3. The molecule has 1 N–H and O–H groups in total. The molecule has 2 heterocycles. The van der Waals surface area contributed by atoms with Crippen LogP contribution in [0, 0.1) is 0 Å². The Balaban J connectivity index is 1.60. The number of nitrogens with zero attached hydrogens (tertiary/aromatic N) is 3. The highest BCUT2D eigenvalue weighted by atomic mass is 32.1. The van der Waals surface area contributed by atoms with Gasteiger partial charge in [-0.25, -0.2) is 4.98 Å². The van der Waals surface area contributed by atoms with Crippen LogP contribution in [0.25, 0.3) is 11.0 Å². The monoisotopic (exact) mass is 362 g/mol. The van der Waals surface area contributed by atoms with Crippen LogP contribution in [0.5, 0.6) is 0 Å². The molecule has 1 aromatic heterocycles. The SMILES string of the molecule is FC(F)(F)c1cccc(NC(=S)N2CCn3c2nc2ccccc23)c1. The molecule has 0 bridgehead atoms. The fourth-order valence-electron chi connectivity index (χ4n) is 2.95. The van der Waals surface area contributed by atoms with E-state index in [1.165, 1.54) is 6.07 Å². The molecule has 4 nitrogen and oxygen atoms in total. The summed E-state index contributed by atoms with van der Waals surface area (Å²) in [6.45, 7) is 1.35. The van der Waals surface area contributed by atoms with Gasteiger partial charge >= 0.3 is 6.18 Å². The molecule has 128 valence electrons. The Kier molecular flexibility index (Phi) is 3.64. The number of hydrogen-bond acceptors (Lipinski definition) is 2. The molecule has 25 heavy (non-hydrogen) atoms. The highest BCUT2D eigenvalue weighted by molar-refractivity contribution is 7.80. The van der Waals surface area contributed by atoms with Crippen LogP contribution < -0.4 is 10.2 Å². The summed E-state index contributed by atoms with van der Waals surface area (Å²) in [6.07, 6.45) is -4.39. The summed E-state index contributed by atoms with van der Waals surface area (Å²) in [5, 5.41) is 3.21. The van der Waals surface area contributed by atoms with Crippen molar-refractivity contribution in [3.8, 4) is 0 Å². The first-order valence-electron chi connectivity index (χ1n) is 7.64. The number of alkyl halides is 3. The van der Waals surface area contributed by atoms with Crippen LogP contribution in [-0.2, 0) is 12.7 Å². The van der Waals surface area contributed by atoms with Crippen molar-refractivity contribution < 1.29 is 13.2 Å². The third-order valence-electron chi connectivity index (χ3n) is 4.11. The normalized spacial score (nSPS) is 14.0. The summed E-state index contributed by atoms with van der Waals surface area (Å²) in [7, 11) is 0. The lowest BCUT2D eigenvalue weighted by atomic mass is 10.2. The molecule has 0 amide bonds. The van der Waals surface area contributed by atoms with Crippen molar-refractivity contribution in [1.82, 2.24) is 9.55 Å². The molecule has 0 saturated heterocycles. The Bertz CT molecular complexity index is 964. The van der Waals surface area contributed by atoms with E-state index in [9.17, 15) is 13.2 Å². The van der Waals surface area contributed by atoms with Crippen molar-refractivity contribution in [3.63, 3.8) is 0 Å². The van der Waals surface area contributed by atoms with Crippen molar-refractivity contribution in [2.24, 2.45) is 0 Å². The largest absolute Gasteiger partial charge is 0.416 e. The predicted molar refractivity (Wildman–Crippen MR) is 94.7 cm³/mol. The minimum atomic E-state index is -4.39. The number of anilines is 2. The minimum Gasteiger partial charge on any atom is -0.332 e. The van der Waals surface area contributed by atoms with Crippen LogP contribution in [-0.4, -0.2) is 21.2 Å². The van der Waals surface area contributed by atoms with E-state index in [4.69, 9.17) is 12.2 Å². The van der Waals surface area contributed by atoms with Crippen LogP contribution in [0.15, 0.2) is 48.5 Å². The van der Waals surface area contributed by atoms with Crippen LogP contribution in [0.3, 0.4) is 0 Å². The van der Waals surface area contributed by atoms with Gasteiger partial charge in [0.2, 0.25) is 5.95 Å². The molecule has 1 aliphatic rings. The second-order valence-corrected chi connectivity index (χ2v) is 6.10. The molecule has 0 aliphatic carbocycles. The van der Waals surface area contributed by atoms with Crippen molar-refractivity contribution in [1.29, 1.82) is 0 Å². The molecule has 4 rings (SSSR count). The number of para-hydroxylation sites is 2. The lowest BCUT2D eigenvalue weighted by molar-refractivity contribution is -0.137. The molecule has 0 fully saturated rings. The van der Waals surface area contributed by atoms with E-state index in [0.29, 0.717) is 23.3 Å². The first-order chi connectivity index (χ1) is 11.9. The second-order valence-electron chi connectivity index (χ2n) is 5.71.